The molecule has 202 valence electrons. The van der Waals surface area contributed by atoms with Gasteiger partial charge < -0.3 is 10.1 Å². The number of hydrogen-bond donors (Lipinski definition) is 1. The normalized spacial score (nSPS) is 12.1. The zero-order chi connectivity index (χ0) is 28.2. The van der Waals surface area contributed by atoms with Gasteiger partial charge in [-0.05, 0) is 76.6 Å². The van der Waals surface area contributed by atoms with Crippen molar-refractivity contribution in [2.75, 3.05) is 11.5 Å². The Morgan fingerprint density at radius 3 is 2.31 bits per heavy atom. The summed E-state index contributed by atoms with van der Waals surface area (Å²) >= 11 is 0. The molecule has 1 aromatic heterocycles. The highest BCUT2D eigenvalue weighted by Crippen LogP contribution is 2.33. The first-order valence-corrected chi connectivity index (χ1v) is 12.8. The van der Waals surface area contributed by atoms with Crippen molar-refractivity contribution < 1.29 is 19.1 Å². The number of benzene rings is 3. The number of rotatable bonds is 9. The van der Waals surface area contributed by atoms with Gasteiger partial charge in [-0.15, -0.1) is 5.10 Å². The van der Waals surface area contributed by atoms with Crippen molar-refractivity contribution in [2.45, 2.75) is 52.7 Å². The van der Waals surface area contributed by atoms with E-state index in [1.165, 1.54) is 16.5 Å². The molecule has 4 aromatic rings. The Bertz CT molecular complexity index is 1490. The fourth-order valence-corrected chi connectivity index (χ4v) is 4.41. The highest BCUT2D eigenvalue weighted by atomic mass is 16.5. The number of nitrogens with zero attached hydrogens (tertiary/aromatic N) is 4. The number of fused-ring (bicyclic) bond motifs is 1. The molecule has 1 heterocycles. The number of nitrogens with one attached hydrogen (secondary N) is 1. The SMILES string of the molecule is CCOc1ccc([C@@H](C(=O)NC(C)(C)C)N(C(=O)Cn2nnc3ccccc32)c2ccccc2C(C)=O)cc1. The monoisotopic (exact) mass is 527 g/mol. The van der Waals surface area contributed by atoms with Crippen LogP contribution >= 0.6 is 0 Å². The molecule has 2 amide bonds. The van der Waals surface area contributed by atoms with Gasteiger partial charge >= 0.3 is 0 Å². The predicted molar refractivity (Wildman–Crippen MR) is 150 cm³/mol. The van der Waals surface area contributed by atoms with Gasteiger partial charge in [-0.25, -0.2) is 4.68 Å². The first-order valence-electron chi connectivity index (χ1n) is 12.8. The molecule has 0 aliphatic carbocycles. The number of amides is 2. The Morgan fingerprint density at radius 2 is 1.64 bits per heavy atom. The summed E-state index contributed by atoms with van der Waals surface area (Å²) in [6.07, 6.45) is 0. The van der Waals surface area contributed by atoms with Crippen LogP contribution in [0, 0.1) is 0 Å². The smallest absolute Gasteiger partial charge is 0.249 e. The third-order valence-electron chi connectivity index (χ3n) is 6.03. The number of carbonyl (C=O) groups is 3. The van der Waals surface area contributed by atoms with Gasteiger partial charge in [-0.3, -0.25) is 19.3 Å². The summed E-state index contributed by atoms with van der Waals surface area (Å²) in [5, 5.41) is 11.3. The van der Waals surface area contributed by atoms with E-state index < -0.39 is 17.5 Å². The molecule has 0 unspecified atom stereocenters. The molecule has 4 rings (SSSR count). The zero-order valence-electron chi connectivity index (χ0n) is 22.8. The van der Waals surface area contributed by atoms with E-state index in [4.69, 9.17) is 4.74 Å². The minimum absolute atomic E-state index is 0.191. The summed E-state index contributed by atoms with van der Waals surface area (Å²) in [6.45, 7) is 9.25. The van der Waals surface area contributed by atoms with Gasteiger partial charge in [0.05, 0.1) is 17.8 Å². The lowest BCUT2D eigenvalue weighted by atomic mass is 9.99. The lowest BCUT2D eigenvalue weighted by molar-refractivity contribution is -0.128. The van der Waals surface area contributed by atoms with Gasteiger partial charge in [-0.1, -0.05) is 41.6 Å². The quantitative estimate of drug-likeness (QED) is 0.316. The van der Waals surface area contributed by atoms with E-state index in [2.05, 4.69) is 15.6 Å². The molecule has 0 saturated carbocycles. The van der Waals surface area contributed by atoms with Crippen LogP contribution in [-0.2, 0) is 16.1 Å². The summed E-state index contributed by atoms with van der Waals surface area (Å²) in [5.74, 6) is -0.396. The van der Waals surface area contributed by atoms with Crippen LogP contribution in [0.4, 0.5) is 5.69 Å². The maximum atomic E-state index is 14.2. The molecule has 0 bridgehead atoms. The summed E-state index contributed by atoms with van der Waals surface area (Å²) in [5.41, 5.74) is 1.99. The maximum Gasteiger partial charge on any atom is 0.249 e. The number of carbonyl (C=O) groups excluding carboxylic acids is 3. The Kier molecular flexibility index (Phi) is 8.09. The van der Waals surface area contributed by atoms with Crippen LogP contribution in [-0.4, -0.2) is 44.7 Å². The molecule has 0 aliphatic rings. The second kappa shape index (κ2) is 11.5. The van der Waals surface area contributed by atoms with Crippen molar-refractivity contribution in [1.29, 1.82) is 0 Å². The zero-order valence-corrected chi connectivity index (χ0v) is 22.8. The third-order valence-corrected chi connectivity index (χ3v) is 6.03. The second-order valence-corrected chi connectivity index (χ2v) is 10.2. The highest BCUT2D eigenvalue weighted by molar-refractivity contribution is 6.08. The molecule has 9 nitrogen and oxygen atoms in total. The number of Topliss-reactive ketones (excluding diaryl/α,β-unsaturated/α-hetero) is 1. The van der Waals surface area contributed by atoms with E-state index >= 15 is 0 Å². The third kappa shape index (κ3) is 6.31. The van der Waals surface area contributed by atoms with Gasteiger partial charge in [0, 0.05) is 11.1 Å². The predicted octanol–water partition coefficient (Wildman–Crippen LogP) is 4.72. The highest BCUT2D eigenvalue weighted by Gasteiger charge is 2.36. The largest absolute Gasteiger partial charge is 0.494 e. The first kappa shape index (κ1) is 27.5. The van der Waals surface area contributed by atoms with E-state index in [0.717, 1.165) is 0 Å². The summed E-state index contributed by atoms with van der Waals surface area (Å²) in [6, 6.07) is 20.1. The van der Waals surface area contributed by atoms with Gasteiger partial charge in [0.1, 0.15) is 23.9 Å². The van der Waals surface area contributed by atoms with Crippen LogP contribution < -0.4 is 15.0 Å². The van der Waals surface area contributed by atoms with Crippen LogP contribution in [0.25, 0.3) is 11.0 Å². The molecule has 0 aliphatic heterocycles. The maximum absolute atomic E-state index is 14.2. The van der Waals surface area contributed by atoms with E-state index in [9.17, 15) is 14.4 Å². The average Bonchev–Trinajstić information content (AvgIpc) is 3.29. The molecule has 1 atom stereocenters. The van der Waals surface area contributed by atoms with Crippen LogP contribution in [0.2, 0.25) is 0 Å². The number of para-hydroxylation sites is 2. The molecular formula is C30H33N5O4. The van der Waals surface area contributed by atoms with E-state index in [0.29, 0.717) is 40.2 Å². The lowest BCUT2D eigenvalue weighted by Crippen LogP contribution is -2.50. The number of hydrogen-bond acceptors (Lipinski definition) is 6. The Hall–Kier alpha value is -4.53. The molecule has 0 saturated heterocycles. The number of ketones is 1. The standard InChI is InChI=1S/C30H33N5O4/c1-6-39-22-17-15-21(16-18-22)28(29(38)31-30(3,4)5)35(25-13-9-7-11-23(25)20(2)36)27(37)19-34-26-14-10-8-12-24(26)32-33-34/h7-18,28H,6,19H2,1-5H3,(H,31,38)/t28-/m0/s1. The van der Waals surface area contributed by atoms with Gasteiger partial charge in [0.25, 0.3) is 0 Å². The van der Waals surface area contributed by atoms with E-state index in [1.807, 2.05) is 52.0 Å². The van der Waals surface area contributed by atoms with Crippen LogP contribution in [0.1, 0.15) is 56.6 Å². The minimum Gasteiger partial charge on any atom is -0.494 e. The molecule has 9 heteroatoms. The summed E-state index contributed by atoms with van der Waals surface area (Å²) in [4.78, 5) is 42.2. The molecule has 0 spiro atoms. The summed E-state index contributed by atoms with van der Waals surface area (Å²) < 4.78 is 7.09. The summed E-state index contributed by atoms with van der Waals surface area (Å²) in [7, 11) is 0. The average molecular weight is 528 g/mol. The molecule has 39 heavy (non-hydrogen) atoms. The van der Waals surface area contributed by atoms with Crippen molar-refractivity contribution in [3.8, 4) is 5.75 Å². The van der Waals surface area contributed by atoms with Gasteiger partial charge in [-0.2, -0.15) is 0 Å². The minimum atomic E-state index is -1.08. The molecule has 1 N–H and O–H groups in total. The molecule has 0 fully saturated rings. The number of ether oxygens (including phenoxy) is 1. The molecule has 3 aromatic carbocycles. The topological polar surface area (TPSA) is 106 Å². The lowest BCUT2D eigenvalue weighted by Gasteiger charge is -2.34. The van der Waals surface area contributed by atoms with E-state index in [1.54, 1.807) is 48.5 Å². The van der Waals surface area contributed by atoms with Gasteiger partial charge in [0.2, 0.25) is 11.8 Å². The Labute approximate surface area is 227 Å². The number of aromatic nitrogens is 3. The fourth-order valence-electron chi connectivity index (χ4n) is 4.41. The fraction of sp³-hybridized carbons (Fsp3) is 0.300. The van der Waals surface area contributed by atoms with Crippen LogP contribution in [0.15, 0.2) is 72.8 Å². The van der Waals surface area contributed by atoms with Crippen molar-refractivity contribution in [1.82, 2.24) is 20.3 Å². The second-order valence-electron chi connectivity index (χ2n) is 10.2. The van der Waals surface area contributed by atoms with Gasteiger partial charge in [0.15, 0.2) is 5.78 Å². The van der Waals surface area contributed by atoms with E-state index in [-0.39, 0.29) is 18.2 Å². The van der Waals surface area contributed by atoms with Crippen LogP contribution in [0.3, 0.4) is 0 Å². The number of anilines is 1. The molecular weight excluding hydrogens is 494 g/mol. The Morgan fingerprint density at radius 1 is 0.974 bits per heavy atom. The van der Waals surface area contributed by atoms with Crippen molar-refractivity contribution in [3.05, 3.63) is 83.9 Å². The Balaban J connectivity index is 1.88. The van der Waals surface area contributed by atoms with Crippen molar-refractivity contribution >= 4 is 34.3 Å². The van der Waals surface area contributed by atoms with Crippen LogP contribution in [0.5, 0.6) is 5.75 Å². The molecule has 0 radical (unpaired) electrons. The first-order chi connectivity index (χ1) is 18.6. The van der Waals surface area contributed by atoms with Crippen molar-refractivity contribution in [3.63, 3.8) is 0 Å². The van der Waals surface area contributed by atoms with Crippen molar-refractivity contribution in [2.24, 2.45) is 0 Å².